The molecule has 0 aliphatic heterocycles. The van der Waals surface area contributed by atoms with E-state index in [-0.39, 0.29) is 6.29 Å². The highest BCUT2D eigenvalue weighted by Gasteiger charge is 2.10. The molecule has 2 unspecified atom stereocenters. The van der Waals surface area contributed by atoms with Crippen molar-refractivity contribution in [3.63, 3.8) is 0 Å². The molecule has 0 aromatic heterocycles. The van der Waals surface area contributed by atoms with Gasteiger partial charge in [0.05, 0.1) is 0 Å². The molecular formula is C9H18O4S. The largest absolute Gasteiger partial charge is 0.428 e. The lowest BCUT2D eigenvalue weighted by molar-refractivity contribution is -0.210. The first kappa shape index (κ1) is 13.7. The number of rotatable bonds is 7. The van der Waals surface area contributed by atoms with E-state index in [1.807, 2.05) is 0 Å². The molecule has 0 radical (unpaired) electrons. The van der Waals surface area contributed by atoms with Gasteiger partial charge in [0, 0.05) is 6.61 Å². The molecule has 0 aliphatic rings. The molecule has 0 N–H and O–H groups in total. The van der Waals surface area contributed by atoms with Crippen LogP contribution in [-0.2, 0) is 14.2 Å². The Hall–Kier alpha value is -0.260. The first-order valence-electron chi connectivity index (χ1n) is 4.73. The summed E-state index contributed by atoms with van der Waals surface area (Å²) in [5.41, 5.74) is 0. The third kappa shape index (κ3) is 8.34. The minimum absolute atomic E-state index is 0.371. The molecule has 0 saturated carbocycles. The average Bonchev–Trinajstić information content (AvgIpc) is 2.02. The van der Waals surface area contributed by atoms with Crippen molar-refractivity contribution in [2.45, 2.75) is 46.2 Å². The van der Waals surface area contributed by atoms with Gasteiger partial charge in [0.15, 0.2) is 6.29 Å². The van der Waals surface area contributed by atoms with Crippen LogP contribution in [0, 0.1) is 0 Å². The van der Waals surface area contributed by atoms with Crippen molar-refractivity contribution in [2.24, 2.45) is 0 Å². The van der Waals surface area contributed by atoms with Gasteiger partial charge in [-0.05, 0) is 20.3 Å². The van der Waals surface area contributed by atoms with Gasteiger partial charge in [-0.25, -0.2) is 4.79 Å². The summed E-state index contributed by atoms with van der Waals surface area (Å²) >= 11 is 3.46. The van der Waals surface area contributed by atoms with Gasteiger partial charge in [0.1, 0.15) is 0 Å². The fraction of sp³-hybridized carbons (Fsp3) is 0.889. The maximum absolute atomic E-state index is 10.4. The van der Waals surface area contributed by atoms with Gasteiger partial charge >= 0.3 is 5.30 Å². The highest BCUT2D eigenvalue weighted by molar-refractivity contribution is 7.96. The fourth-order valence-electron chi connectivity index (χ4n) is 0.873. The summed E-state index contributed by atoms with van der Waals surface area (Å²) in [6.45, 7) is 6.12. The standard InChI is InChI=1S/C9H18O4S/c1-4-5-6-11-7(2)12-8(3)13-9(10)14/h7-8H,4-6H2,1-3H3,(H,10,14). The van der Waals surface area contributed by atoms with Crippen molar-refractivity contribution in [1.29, 1.82) is 0 Å². The molecule has 0 amide bonds. The van der Waals surface area contributed by atoms with E-state index in [1.54, 1.807) is 13.8 Å². The van der Waals surface area contributed by atoms with Gasteiger partial charge in [-0.1, -0.05) is 26.0 Å². The number of hydrogen-bond donors (Lipinski definition) is 1. The lowest BCUT2D eigenvalue weighted by Gasteiger charge is -2.18. The van der Waals surface area contributed by atoms with E-state index >= 15 is 0 Å². The number of ether oxygens (including phenoxy) is 3. The molecule has 0 fully saturated rings. The minimum Gasteiger partial charge on any atom is -0.428 e. The van der Waals surface area contributed by atoms with E-state index in [4.69, 9.17) is 9.47 Å². The lowest BCUT2D eigenvalue weighted by Crippen LogP contribution is -2.23. The maximum Gasteiger partial charge on any atom is 0.366 e. The number of carbonyl (C=O) groups is 1. The average molecular weight is 222 g/mol. The van der Waals surface area contributed by atoms with Crippen LogP contribution in [-0.4, -0.2) is 24.5 Å². The SMILES string of the molecule is CCCCOC(C)OC(C)OC(=O)S. The topological polar surface area (TPSA) is 44.8 Å². The maximum atomic E-state index is 10.4. The summed E-state index contributed by atoms with van der Waals surface area (Å²) in [7, 11) is 0. The van der Waals surface area contributed by atoms with Crippen molar-refractivity contribution < 1.29 is 19.0 Å². The monoisotopic (exact) mass is 222 g/mol. The lowest BCUT2D eigenvalue weighted by atomic mass is 10.4. The molecule has 14 heavy (non-hydrogen) atoms. The molecule has 4 nitrogen and oxygen atoms in total. The van der Waals surface area contributed by atoms with Crippen molar-refractivity contribution in [3.8, 4) is 0 Å². The normalized spacial score (nSPS) is 14.9. The highest BCUT2D eigenvalue weighted by Crippen LogP contribution is 2.04. The summed E-state index contributed by atoms with van der Waals surface area (Å²) in [6.07, 6.45) is 1.07. The van der Waals surface area contributed by atoms with Crippen molar-refractivity contribution in [3.05, 3.63) is 0 Å². The second kappa shape index (κ2) is 8.08. The minimum atomic E-state index is -0.654. The Labute approximate surface area is 90.3 Å². The van der Waals surface area contributed by atoms with E-state index in [1.165, 1.54) is 0 Å². The molecule has 0 aromatic rings. The van der Waals surface area contributed by atoms with Crippen LogP contribution in [0.2, 0.25) is 0 Å². The Morgan fingerprint density at radius 2 is 2.00 bits per heavy atom. The van der Waals surface area contributed by atoms with Gasteiger partial charge < -0.3 is 14.2 Å². The third-order valence-corrected chi connectivity index (χ3v) is 1.61. The summed E-state index contributed by atoms with van der Waals surface area (Å²) in [6, 6.07) is 0. The summed E-state index contributed by atoms with van der Waals surface area (Å²) in [4.78, 5) is 10.4. The van der Waals surface area contributed by atoms with Crippen LogP contribution >= 0.6 is 12.6 Å². The van der Waals surface area contributed by atoms with Crippen molar-refractivity contribution >= 4 is 17.9 Å². The van der Waals surface area contributed by atoms with Gasteiger partial charge in [0.2, 0.25) is 6.29 Å². The van der Waals surface area contributed by atoms with Gasteiger partial charge in [0.25, 0.3) is 0 Å². The number of hydrogen-bond acceptors (Lipinski definition) is 4. The molecule has 0 aliphatic carbocycles. The molecule has 84 valence electrons. The first-order valence-corrected chi connectivity index (χ1v) is 5.17. The Bertz CT molecular complexity index is 163. The van der Waals surface area contributed by atoms with E-state index in [9.17, 15) is 4.79 Å². The van der Waals surface area contributed by atoms with Gasteiger partial charge in [-0.15, -0.1) is 0 Å². The zero-order valence-electron chi connectivity index (χ0n) is 8.86. The summed E-state index contributed by atoms with van der Waals surface area (Å²) in [5, 5.41) is -0.654. The zero-order chi connectivity index (χ0) is 11.0. The van der Waals surface area contributed by atoms with E-state index in [0.29, 0.717) is 6.61 Å². The Balaban J connectivity index is 3.49. The molecule has 0 spiro atoms. The quantitative estimate of drug-likeness (QED) is 0.311. The van der Waals surface area contributed by atoms with Crippen LogP contribution in [0.25, 0.3) is 0 Å². The summed E-state index contributed by atoms with van der Waals surface area (Å²) in [5.74, 6) is 0. The van der Waals surface area contributed by atoms with E-state index in [2.05, 4.69) is 24.3 Å². The van der Waals surface area contributed by atoms with Crippen LogP contribution in [0.1, 0.15) is 33.6 Å². The molecule has 0 rings (SSSR count). The third-order valence-electron chi connectivity index (χ3n) is 1.50. The highest BCUT2D eigenvalue weighted by atomic mass is 32.1. The Morgan fingerprint density at radius 1 is 1.36 bits per heavy atom. The molecule has 2 atom stereocenters. The smallest absolute Gasteiger partial charge is 0.366 e. The van der Waals surface area contributed by atoms with E-state index in [0.717, 1.165) is 12.8 Å². The second-order valence-electron chi connectivity index (χ2n) is 2.88. The van der Waals surface area contributed by atoms with E-state index < -0.39 is 11.6 Å². The zero-order valence-corrected chi connectivity index (χ0v) is 9.75. The predicted molar refractivity (Wildman–Crippen MR) is 56.3 cm³/mol. The molecule has 0 saturated heterocycles. The molecular weight excluding hydrogens is 204 g/mol. The van der Waals surface area contributed by atoms with Crippen LogP contribution in [0.5, 0.6) is 0 Å². The molecule has 0 aromatic carbocycles. The van der Waals surface area contributed by atoms with Crippen molar-refractivity contribution in [1.82, 2.24) is 0 Å². The predicted octanol–water partition coefficient (Wildman–Crippen LogP) is 2.58. The Kier molecular flexibility index (Phi) is 7.93. The van der Waals surface area contributed by atoms with Gasteiger partial charge in [-0.2, -0.15) is 0 Å². The molecule has 0 bridgehead atoms. The fourth-order valence-corrected chi connectivity index (χ4v) is 1.02. The van der Waals surface area contributed by atoms with Gasteiger partial charge in [-0.3, -0.25) is 0 Å². The van der Waals surface area contributed by atoms with Crippen LogP contribution in [0.4, 0.5) is 4.79 Å². The van der Waals surface area contributed by atoms with Crippen LogP contribution in [0.3, 0.4) is 0 Å². The second-order valence-corrected chi connectivity index (χ2v) is 3.24. The molecule has 5 heteroatoms. The number of thiol groups is 1. The first-order chi connectivity index (χ1) is 6.56. The number of unbranched alkanes of at least 4 members (excludes halogenated alkanes) is 1. The number of carbonyl (C=O) groups excluding carboxylic acids is 1. The van der Waals surface area contributed by atoms with Crippen molar-refractivity contribution in [2.75, 3.05) is 6.61 Å². The molecule has 0 heterocycles. The Morgan fingerprint density at radius 3 is 2.50 bits per heavy atom. The van der Waals surface area contributed by atoms with Crippen LogP contribution in [0.15, 0.2) is 0 Å². The summed E-state index contributed by atoms with van der Waals surface area (Å²) < 4.78 is 15.1. The van der Waals surface area contributed by atoms with Crippen LogP contribution < -0.4 is 0 Å².